The number of amides is 4. The van der Waals surface area contributed by atoms with Crippen LogP contribution in [0.1, 0.15) is 88.1 Å². The molecular formula is C26H38ClN3O5. The van der Waals surface area contributed by atoms with Crippen molar-refractivity contribution in [2.45, 2.75) is 84.2 Å². The molecule has 0 atom stereocenters. The van der Waals surface area contributed by atoms with Crippen LogP contribution in [0.25, 0.3) is 0 Å². The van der Waals surface area contributed by atoms with Gasteiger partial charge in [0, 0.05) is 30.1 Å². The number of hydrogen-bond donors (Lipinski definition) is 2. The molecule has 0 bridgehead atoms. The summed E-state index contributed by atoms with van der Waals surface area (Å²) < 4.78 is 5.21. The van der Waals surface area contributed by atoms with Gasteiger partial charge >= 0.3 is 6.09 Å². The predicted octanol–water partition coefficient (Wildman–Crippen LogP) is 4.63. The van der Waals surface area contributed by atoms with E-state index in [1.165, 1.54) is 4.90 Å². The summed E-state index contributed by atoms with van der Waals surface area (Å²) in [5, 5.41) is 5.63. The summed E-state index contributed by atoms with van der Waals surface area (Å²) in [5.74, 6) is -1.02. The van der Waals surface area contributed by atoms with E-state index in [0.29, 0.717) is 36.5 Å². The third-order valence-corrected chi connectivity index (χ3v) is 5.93. The Morgan fingerprint density at radius 3 is 2.51 bits per heavy atom. The van der Waals surface area contributed by atoms with E-state index in [2.05, 4.69) is 10.6 Å². The Bertz CT molecular complexity index is 897. The van der Waals surface area contributed by atoms with Gasteiger partial charge in [0.15, 0.2) is 0 Å². The summed E-state index contributed by atoms with van der Waals surface area (Å²) in [5.41, 5.74) is 0.909. The molecule has 1 fully saturated rings. The molecule has 194 valence electrons. The fourth-order valence-electron chi connectivity index (χ4n) is 3.81. The van der Waals surface area contributed by atoms with Crippen molar-refractivity contribution in [1.29, 1.82) is 0 Å². The van der Waals surface area contributed by atoms with Crippen LogP contribution in [0.15, 0.2) is 18.2 Å². The molecule has 1 aromatic rings. The second kappa shape index (κ2) is 14.1. The smallest absolute Gasteiger partial charge is 0.407 e. The van der Waals surface area contributed by atoms with E-state index in [4.69, 9.17) is 16.3 Å². The highest BCUT2D eigenvalue weighted by molar-refractivity contribution is 6.31. The number of nitrogens with one attached hydrogen (secondary N) is 2. The lowest BCUT2D eigenvalue weighted by molar-refractivity contribution is -0.131. The molecule has 0 saturated carbocycles. The van der Waals surface area contributed by atoms with Gasteiger partial charge in [0.1, 0.15) is 12.1 Å². The second-order valence-electron chi connectivity index (χ2n) is 9.91. The molecule has 1 aromatic carbocycles. The summed E-state index contributed by atoms with van der Waals surface area (Å²) >= 11 is 6.46. The number of carbonyl (C=O) groups excluding carboxylic acids is 4. The number of nitrogens with zero attached hydrogens (tertiary/aromatic N) is 1. The van der Waals surface area contributed by atoms with Crippen LogP contribution in [-0.2, 0) is 20.7 Å². The van der Waals surface area contributed by atoms with E-state index in [9.17, 15) is 19.2 Å². The summed E-state index contributed by atoms with van der Waals surface area (Å²) in [6.07, 6.45) is 6.78. The Morgan fingerprint density at radius 1 is 1.06 bits per heavy atom. The first kappa shape index (κ1) is 28.6. The van der Waals surface area contributed by atoms with Gasteiger partial charge < -0.3 is 15.0 Å². The van der Waals surface area contributed by atoms with Crippen LogP contribution in [0.4, 0.5) is 4.79 Å². The van der Waals surface area contributed by atoms with E-state index >= 15 is 0 Å². The van der Waals surface area contributed by atoms with E-state index in [0.717, 1.165) is 50.5 Å². The highest BCUT2D eigenvalue weighted by Crippen LogP contribution is 2.22. The molecule has 0 unspecified atom stereocenters. The third kappa shape index (κ3) is 11.1. The van der Waals surface area contributed by atoms with Gasteiger partial charge in [-0.15, -0.1) is 0 Å². The van der Waals surface area contributed by atoms with Crippen molar-refractivity contribution >= 4 is 35.4 Å². The summed E-state index contributed by atoms with van der Waals surface area (Å²) in [6.45, 7) is 6.39. The summed E-state index contributed by atoms with van der Waals surface area (Å²) in [4.78, 5) is 49.9. The SMILES string of the molecule is CC(C)(C)OC(=O)NCCCCCCc1ccc(C(=O)N2CCCCCC(=O)NC(=O)C2)cc1Cl. The van der Waals surface area contributed by atoms with Gasteiger partial charge in [0.25, 0.3) is 5.91 Å². The number of alkyl carbamates (subject to hydrolysis) is 1. The third-order valence-electron chi connectivity index (χ3n) is 5.57. The number of aryl methyl sites for hydroxylation is 1. The molecule has 35 heavy (non-hydrogen) atoms. The lowest BCUT2D eigenvalue weighted by atomic mass is 10.0. The van der Waals surface area contributed by atoms with Crippen LogP contribution < -0.4 is 10.6 Å². The molecule has 0 radical (unpaired) electrons. The minimum absolute atomic E-state index is 0.146. The zero-order chi connectivity index (χ0) is 25.8. The molecule has 4 amide bonds. The van der Waals surface area contributed by atoms with E-state index in [1.807, 2.05) is 26.8 Å². The normalized spacial score (nSPS) is 15.4. The van der Waals surface area contributed by atoms with Gasteiger partial charge in [0.05, 0.1) is 0 Å². The molecule has 1 aliphatic heterocycles. The highest BCUT2D eigenvalue weighted by Gasteiger charge is 2.21. The average molecular weight is 508 g/mol. The molecule has 0 aliphatic carbocycles. The highest BCUT2D eigenvalue weighted by atomic mass is 35.5. The maximum atomic E-state index is 13.0. The molecule has 8 nitrogen and oxygen atoms in total. The quantitative estimate of drug-likeness (QED) is 0.394. The Labute approximate surface area is 213 Å². The van der Waals surface area contributed by atoms with Crippen molar-refractivity contribution < 1.29 is 23.9 Å². The first-order valence-electron chi connectivity index (χ1n) is 12.4. The molecule has 1 saturated heterocycles. The van der Waals surface area contributed by atoms with Crippen molar-refractivity contribution in [3.8, 4) is 0 Å². The molecular weight excluding hydrogens is 470 g/mol. The Balaban J connectivity index is 1.78. The van der Waals surface area contributed by atoms with Crippen molar-refractivity contribution in [3.63, 3.8) is 0 Å². The predicted molar refractivity (Wildman–Crippen MR) is 135 cm³/mol. The van der Waals surface area contributed by atoms with E-state index < -0.39 is 17.6 Å². The van der Waals surface area contributed by atoms with Gasteiger partial charge in [-0.3, -0.25) is 19.7 Å². The fraction of sp³-hybridized carbons (Fsp3) is 0.615. The number of hydrogen-bond acceptors (Lipinski definition) is 5. The van der Waals surface area contributed by atoms with Crippen molar-refractivity contribution in [3.05, 3.63) is 34.3 Å². The Hall–Kier alpha value is -2.61. The molecule has 0 spiro atoms. The Kier molecular flexibility index (Phi) is 11.5. The van der Waals surface area contributed by atoms with Gasteiger partial charge in [-0.1, -0.05) is 36.9 Å². The van der Waals surface area contributed by atoms with Gasteiger partial charge in [-0.05, 0) is 70.6 Å². The topological polar surface area (TPSA) is 105 Å². The molecule has 2 N–H and O–H groups in total. The molecule has 9 heteroatoms. The number of ether oxygens (including phenoxy) is 1. The standard InChI is InChI=1S/C26H38ClN3O5/c1-26(2,3)35-25(34)28-15-9-5-4-7-11-19-13-14-20(17-21(19)27)24(33)30-16-10-6-8-12-22(31)29-23(32)18-30/h13-14,17H,4-12,15-16,18H2,1-3H3,(H,28,34)(H,29,31,32). The maximum absolute atomic E-state index is 13.0. The van der Waals surface area contributed by atoms with E-state index in [1.54, 1.807) is 12.1 Å². The van der Waals surface area contributed by atoms with Crippen molar-refractivity contribution in [2.75, 3.05) is 19.6 Å². The number of halogens is 1. The van der Waals surface area contributed by atoms with Crippen molar-refractivity contribution in [1.82, 2.24) is 15.5 Å². The van der Waals surface area contributed by atoms with Crippen LogP contribution in [0.2, 0.25) is 5.02 Å². The van der Waals surface area contributed by atoms with Crippen LogP contribution in [0.5, 0.6) is 0 Å². The number of rotatable bonds is 8. The Morgan fingerprint density at radius 2 is 1.80 bits per heavy atom. The largest absolute Gasteiger partial charge is 0.444 e. The van der Waals surface area contributed by atoms with Crippen LogP contribution >= 0.6 is 11.6 Å². The number of carbonyl (C=O) groups is 4. The number of unbranched alkanes of at least 4 members (excludes halogenated alkanes) is 3. The summed E-state index contributed by atoms with van der Waals surface area (Å²) in [7, 11) is 0. The maximum Gasteiger partial charge on any atom is 0.407 e. The van der Waals surface area contributed by atoms with Crippen molar-refractivity contribution in [2.24, 2.45) is 0 Å². The first-order chi connectivity index (χ1) is 16.5. The molecule has 1 aliphatic rings. The average Bonchev–Trinajstić information content (AvgIpc) is 2.76. The monoisotopic (exact) mass is 507 g/mol. The zero-order valence-electron chi connectivity index (χ0n) is 21.1. The van der Waals surface area contributed by atoms with E-state index in [-0.39, 0.29) is 18.4 Å². The van der Waals surface area contributed by atoms with Gasteiger partial charge in [-0.2, -0.15) is 0 Å². The lowest BCUT2D eigenvalue weighted by Crippen LogP contribution is -2.43. The summed E-state index contributed by atoms with van der Waals surface area (Å²) in [6, 6.07) is 5.27. The fourth-order valence-corrected chi connectivity index (χ4v) is 4.09. The molecule has 0 aromatic heterocycles. The van der Waals surface area contributed by atoms with Gasteiger partial charge in [0.2, 0.25) is 11.8 Å². The molecule has 2 rings (SSSR count). The first-order valence-corrected chi connectivity index (χ1v) is 12.8. The van der Waals surface area contributed by atoms with Crippen LogP contribution in [0.3, 0.4) is 0 Å². The minimum Gasteiger partial charge on any atom is -0.444 e. The number of benzene rings is 1. The van der Waals surface area contributed by atoms with Gasteiger partial charge in [-0.25, -0.2) is 4.79 Å². The second-order valence-corrected chi connectivity index (χ2v) is 10.3. The number of imide groups is 1. The molecule has 1 heterocycles. The minimum atomic E-state index is -0.496. The zero-order valence-corrected chi connectivity index (χ0v) is 21.8. The lowest BCUT2D eigenvalue weighted by Gasteiger charge is -2.23. The van der Waals surface area contributed by atoms with Crippen LogP contribution in [-0.4, -0.2) is 54.0 Å². The van der Waals surface area contributed by atoms with Crippen LogP contribution in [0, 0.1) is 0 Å².